The molecule has 0 saturated carbocycles. The highest BCUT2D eigenvalue weighted by atomic mass is 16.3. The number of aromatic nitrogens is 3. The summed E-state index contributed by atoms with van der Waals surface area (Å²) in [5.74, 6) is -0.473. The van der Waals surface area contributed by atoms with E-state index >= 15 is 0 Å². The quantitative estimate of drug-likeness (QED) is 0.728. The Bertz CT molecular complexity index is 536. The van der Waals surface area contributed by atoms with Crippen molar-refractivity contribution in [1.29, 1.82) is 0 Å². The van der Waals surface area contributed by atoms with E-state index in [9.17, 15) is 9.90 Å². The van der Waals surface area contributed by atoms with Crippen LogP contribution in [0.4, 0.5) is 0 Å². The van der Waals surface area contributed by atoms with Gasteiger partial charge in [0, 0.05) is 24.0 Å². The third-order valence-electron chi connectivity index (χ3n) is 2.42. The highest BCUT2D eigenvalue weighted by molar-refractivity contribution is 5.96. The number of hydrogen-bond acceptors (Lipinski definition) is 4. The van der Waals surface area contributed by atoms with Crippen LogP contribution in [-0.2, 0) is 6.54 Å². The summed E-state index contributed by atoms with van der Waals surface area (Å²) in [4.78, 5) is 15.4. The lowest BCUT2D eigenvalue weighted by atomic mass is 10.2. The maximum atomic E-state index is 11.7. The highest BCUT2D eigenvalue weighted by Gasteiger charge is 2.10. The third-order valence-corrected chi connectivity index (χ3v) is 2.42. The molecule has 0 spiro atoms. The van der Waals surface area contributed by atoms with Crippen molar-refractivity contribution in [3.63, 3.8) is 0 Å². The van der Waals surface area contributed by atoms with E-state index in [1.165, 1.54) is 18.5 Å². The molecule has 0 aliphatic rings. The summed E-state index contributed by atoms with van der Waals surface area (Å²) < 4.78 is 0. The van der Waals surface area contributed by atoms with Gasteiger partial charge in [0.15, 0.2) is 0 Å². The summed E-state index contributed by atoms with van der Waals surface area (Å²) in [7, 11) is 0. The SMILES string of the molecule is Cc1[nH]ncc1CNC(=O)c1ccncc1O. The van der Waals surface area contributed by atoms with E-state index in [2.05, 4.69) is 20.5 Å². The number of aromatic amines is 1. The zero-order valence-electron chi connectivity index (χ0n) is 9.27. The smallest absolute Gasteiger partial charge is 0.255 e. The molecule has 2 heterocycles. The summed E-state index contributed by atoms with van der Waals surface area (Å²) in [6.45, 7) is 2.24. The van der Waals surface area contributed by atoms with Gasteiger partial charge in [-0.2, -0.15) is 5.10 Å². The number of nitrogens with one attached hydrogen (secondary N) is 2. The minimum atomic E-state index is -0.342. The van der Waals surface area contributed by atoms with Crippen LogP contribution in [0.1, 0.15) is 21.6 Å². The summed E-state index contributed by atoms with van der Waals surface area (Å²) in [5, 5.41) is 18.8. The Kier molecular flexibility index (Phi) is 3.04. The van der Waals surface area contributed by atoms with Crippen LogP contribution in [0, 0.1) is 6.92 Å². The second-order valence-corrected chi connectivity index (χ2v) is 3.60. The number of H-pyrrole nitrogens is 1. The molecule has 17 heavy (non-hydrogen) atoms. The van der Waals surface area contributed by atoms with E-state index in [-0.39, 0.29) is 17.2 Å². The summed E-state index contributed by atoms with van der Waals surface area (Å²) in [6.07, 6.45) is 4.35. The number of nitrogens with zero attached hydrogens (tertiary/aromatic N) is 2. The van der Waals surface area contributed by atoms with Crippen molar-refractivity contribution in [2.45, 2.75) is 13.5 Å². The van der Waals surface area contributed by atoms with Crippen LogP contribution in [0.15, 0.2) is 24.7 Å². The van der Waals surface area contributed by atoms with E-state index in [1.807, 2.05) is 6.92 Å². The molecule has 0 radical (unpaired) electrons. The number of carbonyl (C=O) groups excluding carboxylic acids is 1. The number of rotatable bonds is 3. The van der Waals surface area contributed by atoms with Gasteiger partial charge in [0.2, 0.25) is 0 Å². The topological polar surface area (TPSA) is 90.9 Å². The summed E-state index contributed by atoms with van der Waals surface area (Å²) in [5.41, 5.74) is 2.03. The molecule has 0 fully saturated rings. The molecule has 3 N–H and O–H groups in total. The van der Waals surface area contributed by atoms with Gasteiger partial charge in [0.25, 0.3) is 5.91 Å². The van der Waals surface area contributed by atoms with E-state index in [0.29, 0.717) is 6.54 Å². The van der Waals surface area contributed by atoms with Gasteiger partial charge in [-0.25, -0.2) is 0 Å². The first kappa shape index (κ1) is 11.1. The normalized spacial score (nSPS) is 10.2. The standard InChI is InChI=1S/C11H12N4O2/c1-7-8(5-14-15-7)4-13-11(17)9-2-3-12-6-10(9)16/h2-3,5-6,16H,4H2,1H3,(H,13,17)(H,14,15). The van der Waals surface area contributed by atoms with Gasteiger partial charge in [0.1, 0.15) is 5.75 Å². The lowest BCUT2D eigenvalue weighted by molar-refractivity contribution is 0.0948. The number of carbonyl (C=O) groups is 1. The zero-order valence-corrected chi connectivity index (χ0v) is 9.27. The molecule has 2 aromatic heterocycles. The Balaban J connectivity index is 2.04. The number of hydrogen-bond donors (Lipinski definition) is 3. The Morgan fingerprint density at radius 2 is 2.35 bits per heavy atom. The molecule has 0 bridgehead atoms. The maximum Gasteiger partial charge on any atom is 0.255 e. The third kappa shape index (κ3) is 2.41. The lowest BCUT2D eigenvalue weighted by Crippen LogP contribution is -2.23. The average Bonchev–Trinajstić information content (AvgIpc) is 2.72. The Hall–Kier alpha value is -2.37. The molecule has 0 aromatic carbocycles. The minimum absolute atomic E-state index is 0.131. The van der Waals surface area contributed by atoms with E-state index in [4.69, 9.17) is 0 Å². The molecule has 2 rings (SSSR count). The first-order valence-corrected chi connectivity index (χ1v) is 5.08. The molecule has 1 amide bonds. The number of aromatic hydroxyl groups is 1. The molecule has 6 nitrogen and oxygen atoms in total. The number of aryl methyl sites for hydroxylation is 1. The fourth-order valence-electron chi connectivity index (χ4n) is 1.40. The van der Waals surface area contributed by atoms with Gasteiger partial charge in [-0.05, 0) is 13.0 Å². The largest absolute Gasteiger partial charge is 0.505 e. The minimum Gasteiger partial charge on any atom is -0.505 e. The second-order valence-electron chi connectivity index (χ2n) is 3.60. The summed E-state index contributed by atoms with van der Waals surface area (Å²) >= 11 is 0. The molecule has 88 valence electrons. The van der Waals surface area contributed by atoms with Gasteiger partial charge in [-0.1, -0.05) is 0 Å². The van der Waals surface area contributed by atoms with Crippen LogP contribution in [0.25, 0.3) is 0 Å². The number of pyridine rings is 1. The monoisotopic (exact) mass is 232 g/mol. The van der Waals surface area contributed by atoms with Crippen LogP contribution < -0.4 is 5.32 Å². The van der Waals surface area contributed by atoms with Crippen LogP contribution >= 0.6 is 0 Å². The number of amides is 1. The molecule has 2 aromatic rings. The first-order chi connectivity index (χ1) is 8.18. The van der Waals surface area contributed by atoms with E-state index in [0.717, 1.165) is 11.3 Å². The second kappa shape index (κ2) is 4.65. The van der Waals surface area contributed by atoms with Crippen molar-refractivity contribution in [2.24, 2.45) is 0 Å². The molecule has 0 aliphatic carbocycles. The van der Waals surface area contributed by atoms with Crippen molar-refractivity contribution in [3.8, 4) is 5.75 Å². The van der Waals surface area contributed by atoms with E-state index in [1.54, 1.807) is 6.20 Å². The average molecular weight is 232 g/mol. The van der Waals surface area contributed by atoms with Gasteiger partial charge < -0.3 is 10.4 Å². The van der Waals surface area contributed by atoms with Crippen molar-refractivity contribution >= 4 is 5.91 Å². The Labute approximate surface area is 97.7 Å². The first-order valence-electron chi connectivity index (χ1n) is 5.08. The fraction of sp³-hybridized carbons (Fsp3) is 0.182. The van der Waals surface area contributed by atoms with Gasteiger partial charge in [0.05, 0.1) is 18.0 Å². The molecule has 6 heteroatoms. The van der Waals surface area contributed by atoms with Crippen LogP contribution in [0.3, 0.4) is 0 Å². The van der Waals surface area contributed by atoms with Gasteiger partial charge >= 0.3 is 0 Å². The lowest BCUT2D eigenvalue weighted by Gasteiger charge is -2.05. The van der Waals surface area contributed by atoms with Gasteiger partial charge in [-0.15, -0.1) is 0 Å². The highest BCUT2D eigenvalue weighted by Crippen LogP contribution is 2.13. The molecular formula is C11H12N4O2. The Morgan fingerprint density at radius 3 is 3.00 bits per heavy atom. The van der Waals surface area contributed by atoms with Crippen LogP contribution in [0.2, 0.25) is 0 Å². The van der Waals surface area contributed by atoms with E-state index < -0.39 is 0 Å². The van der Waals surface area contributed by atoms with Crippen LogP contribution in [-0.4, -0.2) is 26.2 Å². The summed E-state index contributed by atoms with van der Waals surface area (Å²) in [6, 6.07) is 1.47. The molecule has 0 unspecified atom stereocenters. The molecular weight excluding hydrogens is 220 g/mol. The Morgan fingerprint density at radius 1 is 1.53 bits per heavy atom. The zero-order chi connectivity index (χ0) is 12.3. The van der Waals surface area contributed by atoms with Crippen molar-refractivity contribution in [3.05, 3.63) is 41.5 Å². The van der Waals surface area contributed by atoms with Crippen molar-refractivity contribution in [2.75, 3.05) is 0 Å². The van der Waals surface area contributed by atoms with Crippen molar-refractivity contribution < 1.29 is 9.90 Å². The molecule has 0 saturated heterocycles. The van der Waals surface area contributed by atoms with Crippen LogP contribution in [0.5, 0.6) is 5.75 Å². The van der Waals surface area contributed by atoms with Gasteiger partial charge in [-0.3, -0.25) is 14.9 Å². The predicted molar refractivity (Wildman–Crippen MR) is 60.4 cm³/mol. The maximum absolute atomic E-state index is 11.7. The molecule has 0 aliphatic heterocycles. The predicted octanol–water partition coefficient (Wildman–Crippen LogP) is 0.749. The fourth-order valence-corrected chi connectivity index (χ4v) is 1.40. The van der Waals surface area contributed by atoms with Crippen molar-refractivity contribution in [1.82, 2.24) is 20.5 Å². The molecule has 0 atom stereocenters.